The molecule has 4 aromatic rings. The Morgan fingerprint density at radius 2 is 1.96 bits per heavy atom. The number of halogens is 1. The number of piperidine rings is 1. The third-order valence-electron chi connectivity index (χ3n) is 8.31. The standard InChI is InChI=1S/C31H38FN9O4/c1-18-5-8-21(17-41(18)30(43)40-11-13-44-14-12-40)35-26-24-22(9-10-33-25(24)37-38-26)19-6-7-20(23(32)15-19)16-34-27(42)28-36-29(39-45-28)31(2,3)4/h6-7,9-10,15,18,21H,5,8,11-14,16-17H2,1-4H3,(H,34,42)(H2,33,35,37,38)/t18-,21+/m0/s1. The number of hydrogen-bond acceptors (Lipinski definition) is 9. The Hall–Kier alpha value is -4.59. The molecule has 3 aromatic heterocycles. The lowest BCUT2D eigenvalue weighted by atomic mass is 9.96. The van der Waals surface area contributed by atoms with Gasteiger partial charge in [-0.25, -0.2) is 14.2 Å². The summed E-state index contributed by atoms with van der Waals surface area (Å²) in [7, 11) is 0. The maximum atomic E-state index is 15.4. The number of likely N-dealkylation sites (tertiary alicyclic amines) is 1. The lowest BCUT2D eigenvalue weighted by Crippen LogP contribution is -2.56. The molecule has 3 N–H and O–H groups in total. The zero-order valence-electron chi connectivity index (χ0n) is 25.9. The SMILES string of the molecule is C[C@H]1CC[C@@H](Nc2n[nH]c3nccc(-c4ccc(CNC(=O)c5nc(C(C)(C)C)no5)c(F)c4)c23)CN1C(=O)N1CCOCC1. The largest absolute Gasteiger partial charge is 0.378 e. The Kier molecular flexibility index (Phi) is 8.40. The van der Waals surface area contributed by atoms with Gasteiger partial charge in [0.25, 0.3) is 0 Å². The van der Waals surface area contributed by atoms with E-state index in [1.54, 1.807) is 18.3 Å². The first-order valence-electron chi connectivity index (χ1n) is 15.2. The maximum absolute atomic E-state index is 15.4. The number of nitrogens with zero attached hydrogens (tertiary/aromatic N) is 6. The number of hydrogen-bond donors (Lipinski definition) is 3. The second kappa shape index (κ2) is 12.4. The van der Waals surface area contributed by atoms with E-state index in [1.807, 2.05) is 36.6 Å². The molecule has 45 heavy (non-hydrogen) atoms. The van der Waals surface area contributed by atoms with Crippen LogP contribution >= 0.6 is 0 Å². The fourth-order valence-corrected chi connectivity index (χ4v) is 5.65. The molecule has 1 aromatic carbocycles. The number of H-pyrrole nitrogens is 1. The van der Waals surface area contributed by atoms with Crippen molar-refractivity contribution in [3.8, 4) is 11.1 Å². The van der Waals surface area contributed by atoms with E-state index in [4.69, 9.17) is 9.26 Å². The number of aromatic nitrogens is 5. The van der Waals surface area contributed by atoms with Gasteiger partial charge in [0.05, 0.1) is 18.6 Å². The van der Waals surface area contributed by atoms with Crippen molar-refractivity contribution >= 4 is 28.8 Å². The highest BCUT2D eigenvalue weighted by Crippen LogP contribution is 2.33. The van der Waals surface area contributed by atoms with Crippen LogP contribution in [0.5, 0.6) is 0 Å². The number of amides is 3. The monoisotopic (exact) mass is 619 g/mol. The second-order valence-corrected chi connectivity index (χ2v) is 12.6. The van der Waals surface area contributed by atoms with Crippen LogP contribution in [0.25, 0.3) is 22.2 Å². The molecule has 2 fully saturated rings. The van der Waals surface area contributed by atoms with E-state index in [-0.39, 0.29) is 36.0 Å². The van der Waals surface area contributed by atoms with Gasteiger partial charge < -0.3 is 29.7 Å². The quantitative estimate of drug-likeness (QED) is 0.290. The molecule has 0 aliphatic carbocycles. The fourth-order valence-electron chi connectivity index (χ4n) is 5.65. The molecular formula is C31H38FN9O4. The Bertz CT molecular complexity index is 1690. The first-order chi connectivity index (χ1) is 21.6. The fraction of sp³-hybridized carbons (Fsp3) is 0.484. The van der Waals surface area contributed by atoms with Crippen molar-refractivity contribution in [3.63, 3.8) is 0 Å². The zero-order valence-corrected chi connectivity index (χ0v) is 25.9. The molecule has 238 valence electrons. The lowest BCUT2D eigenvalue weighted by molar-refractivity contribution is 0.0361. The van der Waals surface area contributed by atoms with Gasteiger partial charge >= 0.3 is 17.8 Å². The van der Waals surface area contributed by atoms with Gasteiger partial charge in [-0.3, -0.25) is 9.89 Å². The molecule has 0 bridgehead atoms. The van der Waals surface area contributed by atoms with E-state index in [1.165, 1.54) is 6.07 Å². The number of morpholine rings is 1. The third-order valence-corrected chi connectivity index (χ3v) is 8.31. The Morgan fingerprint density at radius 3 is 2.69 bits per heavy atom. The van der Waals surface area contributed by atoms with Crippen molar-refractivity contribution in [2.75, 3.05) is 38.2 Å². The van der Waals surface area contributed by atoms with Crippen molar-refractivity contribution < 1.29 is 23.2 Å². The Balaban J connectivity index is 1.17. The summed E-state index contributed by atoms with van der Waals surface area (Å²) in [5, 5.41) is 18.2. The van der Waals surface area contributed by atoms with Gasteiger partial charge in [0.2, 0.25) is 0 Å². The maximum Gasteiger partial charge on any atom is 0.320 e. The number of fused-ring (bicyclic) bond motifs is 1. The molecule has 2 saturated heterocycles. The second-order valence-electron chi connectivity index (χ2n) is 12.6. The molecule has 5 heterocycles. The van der Waals surface area contributed by atoms with Crippen LogP contribution in [0.2, 0.25) is 0 Å². The van der Waals surface area contributed by atoms with Gasteiger partial charge in [-0.1, -0.05) is 38.1 Å². The molecular weight excluding hydrogens is 581 g/mol. The van der Waals surface area contributed by atoms with Crippen LogP contribution < -0.4 is 10.6 Å². The van der Waals surface area contributed by atoms with Crippen LogP contribution in [0.1, 0.15) is 62.6 Å². The smallest absolute Gasteiger partial charge is 0.320 e. The predicted octanol–water partition coefficient (Wildman–Crippen LogP) is 4.09. The van der Waals surface area contributed by atoms with Crippen molar-refractivity contribution in [1.29, 1.82) is 0 Å². The topological polar surface area (TPSA) is 154 Å². The van der Waals surface area contributed by atoms with E-state index < -0.39 is 11.7 Å². The molecule has 3 amide bonds. The van der Waals surface area contributed by atoms with Gasteiger partial charge in [-0.05, 0) is 43.0 Å². The first-order valence-corrected chi connectivity index (χ1v) is 15.2. The number of carbonyl (C=O) groups is 2. The Labute approximate surface area is 259 Å². The summed E-state index contributed by atoms with van der Waals surface area (Å²) >= 11 is 0. The van der Waals surface area contributed by atoms with E-state index in [2.05, 4.69) is 42.9 Å². The first kappa shape index (κ1) is 30.4. The zero-order chi connectivity index (χ0) is 31.7. The summed E-state index contributed by atoms with van der Waals surface area (Å²) in [4.78, 5) is 38.2. The number of aromatic amines is 1. The highest BCUT2D eigenvalue weighted by molar-refractivity contribution is 6.00. The van der Waals surface area contributed by atoms with Crippen LogP contribution in [0.4, 0.5) is 15.0 Å². The van der Waals surface area contributed by atoms with Gasteiger partial charge in [0.15, 0.2) is 17.3 Å². The minimum absolute atomic E-state index is 0.0215. The highest BCUT2D eigenvalue weighted by Gasteiger charge is 2.33. The van der Waals surface area contributed by atoms with Crippen LogP contribution in [0, 0.1) is 5.82 Å². The summed E-state index contributed by atoms with van der Waals surface area (Å²) in [5.41, 5.74) is 1.87. The number of rotatable bonds is 6. The van der Waals surface area contributed by atoms with E-state index in [0.717, 1.165) is 23.8 Å². The molecule has 0 radical (unpaired) electrons. The molecule has 2 aliphatic rings. The predicted molar refractivity (Wildman–Crippen MR) is 164 cm³/mol. The summed E-state index contributed by atoms with van der Waals surface area (Å²) in [6.45, 7) is 10.6. The molecule has 0 saturated carbocycles. The van der Waals surface area contributed by atoms with E-state index in [9.17, 15) is 9.59 Å². The molecule has 14 heteroatoms. The average molecular weight is 620 g/mol. The average Bonchev–Trinajstić information content (AvgIpc) is 3.70. The molecule has 0 unspecified atom stereocenters. The van der Waals surface area contributed by atoms with Gasteiger partial charge in [-0.2, -0.15) is 10.1 Å². The molecule has 0 spiro atoms. The highest BCUT2D eigenvalue weighted by atomic mass is 19.1. The van der Waals surface area contributed by atoms with Crippen molar-refractivity contribution in [2.24, 2.45) is 0 Å². The molecule has 6 rings (SSSR count). The minimum atomic E-state index is -0.575. The van der Waals surface area contributed by atoms with Crippen LogP contribution in [-0.2, 0) is 16.7 Å². The van der Waals surface area contributed by atoms with Crippen molar-refractivity contribution in [1.82, 2.24) is 40.4 Å². The van der Waals surface area contributed by atoms with Gasteiger partial charge in [-0.15, -0.1) is 0 Å². The van der Waals surface area contributed by atoms with Crippen LogP contribution in [-0.4, -0.2) is 92.0 Å². The number of benzene rings is 1. The summed E-state index contributed by atoms with van der Waals surface area (Å²) in [6, 6.07) is 6.83. The van der Waals surface area contributed by atoms with E-state index in [0.29, 0.717) is 61.3 Å². The van der Waals surface area contributed by atoms with Crippen molar-refractivity contribution in [3.05, 3.63) is 53.6 Å². The summed E-state index contributed by atoms with van der Waals surface area (Å²) < 4.78 is 25.9. The number of ether oxygens (including phenoxy) is 1. The number of urea groups is 1. The van der Waals surface area contributed by atoms with Crippen molar-refractivity contribution in [2.45, 2.75) is 64.6 Å². The van der Waals surface area contributed by atoms with Gasteiger partial charge in [0, 0.05) is 55.4 Å². The van der Waals surface area contributed by atoms with Gasteiger partial charge in [0.1, 0.15) is 5.82 Å². The molecule has 2 atom stereocenters. The number of anilines is 1. The Morgan fingerprint density at radius 1 is 1.16 bits per heavy atom. The molecule has 13 nitrogen and oxygen atoms in total. The van der Waals surface area contributed by atoms with Crippen LogP contribution in [0.15, 0.2) is 35.0 Å². The summed E-state index contributed by atoms with van der Waals surface area (Å²) in [5.74, 6) is -0.213. The normalized spacial score (nSPS) is 19.1. The lowest BCUT2D eigenvalue weighted by Gasteiger charge is -2.41. The summed E-state index contributed by atoms with van der Waals surface area (Å²) in [6.07, 6.45) is 3.37. The number of pyridine rings is 1. The number of nitrogens with one attached hydrogen (secondary N) is 3. The van der Waals surface area contributed by atoms with E-state index >= 15 is 4.39 Å². The minimum Gasteiger partial charge on any atom is -0.378 e. The number of carbonyl (C=O) groups excluding carboxylic acids is 2. The molecule has 2 aliphatic heterocycles. The third kappa shape index (κ3) is 6.46. The van der Waals surface area contributed by atoms with Crippen LogP contribution in [0.3, 0.4) is 0 Å².